The smallest absolute Gasteiger partial charge is 0.204 e. The highest BCUT2D eigenvalue weighted by molar-refractivity contribution is 7.49. The maximum absolute atomic E-state index is 12.4. The van der Waals surface area contributed by atoms with E-state index in [-0.39, 0.29) is 25.4 Å². The van der Waals surface area contributed by atoms with Crippen LogP contribution < -0.4 is 9.98 Å². The molecule has 2 aliphatic heterocycles. The van der Waals surface area contributed by atoms with Gasteiger partial charge in [0, 0.05) is 18.0 Å². The lowest BCUT2D eigenvalue weighted by Gasteiger charge is -2.31. The summed E-state index contributed by atoms with van der Waals surface area (Å²) in [4.78, 5) is 12.4. The summed E-state index contributed by atoms with van der Waals surface area (Å²) in [6.07, 6.45) is -3.13. The molecule has 0 aromatic heterocycles. The first kappa shape index (κ1) is 24.3. The third-order valence-electron chi connectivity index (χ3n) is 4.41. The van der Waals surface area contributed by atoms with Gasteiger partial charge in [0.1, 0.15) is 34.0 Å². The van der Waals surface area contributed by atoms with Crippen LogP contribution in [0.1, 0.15) is 34.1 Å². The Morgan fingerprint density at radius 1 is 1.18 bits per heavy atom. The number of hydrogen-bond acceptors (Lipinski definition) is 8. The zero-order valence-electron chi connectivity index (χ0n) is 16.7. The number of aliphatic hydroxyl groups excluding tert-OH is 1. The first-order chi connectivity index (χ1) is 13.0. The van der Waals surface area contributed by atoms with Crippen LogP contribution in [0.2, 0.25) is 0 Å². The second-order valence-electron chi connectivity index (χ2n) is 7.64. The summed E-state index contributed by atoms with van der Waals surface area (Å²) in [6, 6.07) is -2.14. The molecule has 158 valence electrons. The second-order valence-corrected chi connectivity index (χ2v) is 9.15. The quantitative estimate of drug-likeness (QED) is 0.348. The highest BCUT2D eigenvalue weighted by Crippen LogP contribution is 2.37. The summed E-state index contributed by atoms with van der Waals surface area (Å²) in [5.41, 5.74) is 0. The molecule has 0 saturated carbocycles. The minimum absolute atomic E-state index is 0.0237. The van der Waals surface area contributed by atoms with Gasteiger partial charge in [-0.1, -0.05) is 0 Å². The third-order valence-corrected chi connectivity index (χ3v) is 5.55. The fourth-order valence-electron chi connectivity index (χ4n) is 3.15. The zero-order valence-corrected chi connectivity index (χ0v) is 17.6. The van der Waals surface area contributed by atoms with Gasteiger partial charge in [-0.05, 0) is 34.1 Å². The molecule has 2 heterocycles. The van der Waals surface area contributed by atoms with Crippen molar-refractivity contribution in [2.45, 2.75) is 88.8 Å². The van der Waals surface area contributed by atoms with Gasteiger partial charge in [0.15, 0.2) is 0 Å². The van der Waals surface area contributed by atoms with Gasteiger partial charge in [0.25, 0.3) is 0 Å². The Labute approximate surface area is 169 Å². The molecule has 0 aromatic carbocycles. The van der Waals surface area contributed by atoms with Crippen molar-refractivity contribution in [3.63, 3.8) is 0 Å². The average Bonchev–Trinajstić information content (AvgIpc) is 3.04. The highest BCUT2D eigenvalue weighted by Gasteiger charge is 2.43. The van der Waals surface area contributed by atoms with Gasteiger partial charge in [-0.25, -0.2) is 0 Å². The summed E-state index contributed by atoms with van der Waals surface area (Å²) in [5.74, 6) is 0. The highest BCUT2D eigenvalue weighted by atomic mass is 31.2. The largest absolute Gasteiger partial charge is 0.766 e. The van der Waals surface area contributed by atoms with Crippen molar-refractivity contribution in [2.24, 2.45) is 0 Å². The Kier molecular flexibility index (Phi) is 9.01. The number of aliphatic hydroxyl groups is 1. The molecule has 2 rings (SSSR count). The Balaban J connectivity index is 1.90. The van der Waals surface area contributed by atoms with E-state index in [1.807, 2.05) is 13.8 Å². The minimum atomic E-state index is -4.45. The predicted molar refractivity (Wildman–Crippen MR) is 101 cm³/mol. The molecule has 0 spiro atoms. The predicted octanol–water partition coefficient (Wildman–Crippen LogP) is -0.814. The zero-order chi connectivity index (χ0) is 21.1. The molecule has 0 amide bonds. The maximum atomic E-state index is 12.4. The molecule has 4 radical (unpaired) electrons. The topological polar surface area (TPSA) is 119 Å². The van der Waals surface area contributed by atoms with Gasteiger partial charge in [0.05, 0.1) is 31.5 Å². The molecule has 0 aliphatic carbocycles. The van der Waals surface area contributed by atoms with E-state index in [2.05, 4.69) is 5.09 Å². The molecule has 8 atom stereocenters. The molecule has 0 aromatic rings. The van der Waals surface area contributed by atoms with E-state index in [0.29, 0.717) is 6.42 Å². The minimum Gasteiger partial charge on any atom is -0.766 e. The lowest BCUT2D eigenvalue weighted by atomic mass is 9.93. The third kappa shape index (κ3) is 7.07. The van der Waals surface area contributed by atoms with Crippen molar-refractivity contribution in [3.8, 4) is 0 Å². The van der Waals surface area contributed by atoms with Crippen molar-refractivity contribution in [1.29, 1.82) is 0 Å². The first-order valence-corrected chi connectivity index (χ1v) is 11.0. The van der Waals surface area contributed by atoms with E-state index >= 15 is 0 Å². The molecule has 12 heteroatoms. The Morgan fingerprint density at radius 3 is 2.46 bits per heavy atom. The standard InChI is InChI=1S/C16H30B2NO8P/c1-8(2)23-6-11-10(5-13(17)26-11)19-28(21,22)24-7-12-15(25-9(3)4)14(20)16(18)27-12/h8-16,20H,5-7H2,1-4H3,(H2,19,21,22)/p-1/t10?,11-,12-,13-,14?,15?,16-/m1/s1. The summed E-state index contributed by atoms with van der Waals surface area (Å²) >= 11 is 0. The number of nitrogens with one attached hydrogen (secondary N) is 1. The van der Waals surface area contributed by atoms with E-state index in [1.165, 1.54) is 0 Å². The molecule has 9 nitrogen and oxygen atoms in total. The van der Waals surface area contributed by atoms with Gasteiger partial charge in [-0.2, -0.15) is 0 Å². The van der Waals surface area contributed by atoms with E-state index < -0.39 is 50.2 Å². The van der Waals surface area contributed by atoms with Gasteiger partial charge in [-0.3, -0.25) is 9.65 Å². The monoisotopic (exact) mass is 416 g/mol. The Morgan fingerprint density at radius 2 is 1.86 bits per heavy atom. The van der Waals surface area contributed by atoms with Crippen LogP contribution >= 0.6 is 7.75 Å². The van der Waals surface area contributed by atoms with Crippen molar-refractivity contribution in [1.82, 2.24) is 5.09 Å². The SMILES string of the molecule is [B][C@@H]1O[C@H](COP(=O)([O-])NC2C[C@H]([B])O[C@@H]2COC(C)C)C(OC(C)C)C1O. The Bertz CT molecular complexity index is 543. The molecular formula is C16H29B2NO8P-. The molecule has 2 saturated heterocycles. The van der Waals surface area contributed by atoms with Crippen molar-refractivity contribution < 1.29 is 38.0 Å². The van der Waals surface area contributed by atoms with Crippen LogP contribution in [-0.2, 0) is 28.0 Å². The summed E-state index contributed by atoms with van der Waals surface area (Å²) in [5, 5.41) is 12.5. The van der Waals surface area contributed by atoms with Crippen LogP contribution in [0.15, 0.2) is 0 Å². The van der Waals surface area contributed by atoms with Crippen molar-refractivity contribution >= 4 is 23.4 Å². The second kappa shape index (κ2) is 10.4. The molecule has 4 unspecified atom stereocenters. The molecule has 2 aliphatic rings. The fraction of sp³-hybridized carbons (Fsp3) is 1.00. The van der Waals surface area contributed by atoms with Crippen LogP contribution in [0, 0.1) is 0 Å². The van der Waals surface area contributed by atoms with Crippen LogP contribution in [0.5, 0.6) is 0 Å². The lowest BCUT2D eigenvalue weighted by molar-refractivity contribution is -0.206. The summed E-state index contributed by atoms with van der Waals surface area (Å²) < 4.78 is 39.5. The van der Waals surface area contributed by atoms with Crippen LogP contribution in [-0.4, -0.2) is 88.7 Å². The molecule has 2 N–H and O–H groups in total. The fourth-order valence-corrected chi connectivity index (χ4v) is 4.25. The number of hydrogen-bond donors (Lipinski definition) is 2. The lowest BCUT2D eigenvalue weighted by Crippen LogP contribution is -2.42. The summed E-state index contributed by atoms with van der Waals surface area (Å²) in [6.45, 7) is 7.18. The van der Waals surface area contributed by atoms with Gasteiger partial charge >= 0.3 is 0 Å². The van der Waals surface area contributed by atoms with Gasteiger partial charge in [-0.15, -0.1) is 0 Å². The van der Waals surface area contributed by atoms with E-state index in [1.54, 1.807) is 13.8 Å². The van der Waals surface area contributed by atoms with Crippen LogP contribution in [0.4, 0.5) is 0 Å². The first-order valence-electron chi connectivity index (χ1n) is 9.49. The van der Waals surface area contributed by atoms with Gasteiger partial charge < -0.3 is 33.5 Å². The molecular weight excluding hydrogens is 387 g/mol. The van der Waals surface area contributed by atoms with Crippen molar-refractivity contribution in [3.05, 3.63) is 0 Å². The van der Waals surface area contributed by atoms with Crippen LogP contribution in [0.3, 0.4) is 0 Å². The van der Waals surface area contributed by atoms with Gasteiger partial charge in [0.2, 0.25) is 7.75 Å². The Hall–Kier alpha value is 0.0399. The average molecular weight is 416 g/mol. The van der Waals surface area contributed by atoms with Crippen LogP contribution in [0.25, 0.3) is 0 Å². The van der Waals surface area contributed by atoms with E-state index in [9.17, 15) is 14.6 Å². The summed E-state index contributed by atoms with van der Waals surface area (Å²) in [7, 11) is 7.01. The molecule has 28 heavy (non-hydrogen) atoms. The maximum Gasteiger partial charge on any atom is 0.204 e. The molecule has 0 bridgehead atoms. The number of rotatable bonds is 10. The normalized spacial score (nSPS) is 38.4. The molecule has 2 fully saturated rings. The van der Waals surface area contributed by atoms with Crippen molar-refractivity contribution in [2.75, 3.05) is 13.2 Å². The number of ether oxygens (including phenoxy) is 4. The van der Waals surface area contributed by atoms with E-state index in [0.717, 1.165) is 0 Å². The van der Waals surface area contributed by atoms with E-state index in [4.69, 9.17) is 39.2 Å².